The maximum atomic E-state index is 12.7. The zero-order chi connectivity index (χ0) is 48.5. The second-order valence-corrected chi connectivity index (χ2v) is 18.1. The molecule has 2 aliphatic rings. The fourth-order valence-corrected chi connectivity index (χ4v) is 8.90. The number of aromatic nitrogens is 2. The molecule has 6 aromatic rings. The molecule has 0 saturated carbocycles. The van der Waals surface area contributed by atoms with E-state index in [0.29, 0.717) is 38.3 Å². The Morgan fingerprint density at radius 1 is 0.643 bits per heavy atom. The standard InChI is InChI=1S/C28H35N3O3.C18H22N2O4.C10H15N.Li/c32-24(21-34-27-15-6-14-26-25(27)13-7-17-29-26)20-31-18-8-12-23(19-31)28(33)30-16-5-4-11-22-9-2-1-3-10-22;21-14(11-20-9-3-4-13(10-20)18(22)23)12-24-17-7-1-6-16-15(17)5-2-8-19-16;11-9-5-4-8-10-6-2-1-3-7-10;/h1-3,6-7,9-10,13-15,17,23-24,32H,4-5,8,11-12,16,18-21H2,(H,30,33);1-2,5-8,13-14,21H,3-4,9-12H2,(H,22,23);1-3,6-7H,4-5,8-9,11H2;/q;;;+1/p-1/t23?,24-;13?,14-;;/m11../s1. The van der Waals surface area contributed by atoms with Crippen molar-refractivity contribution in [1.82, 2.24) is 25.1 Å². The van der Waals surface area contributed by atoms with Crippen molar-refractivity contribution in [1.29, 1.82) is 0 Å². The number of pyridine rings is 2. The number of nitrogens with zero attached hydrogens (tertiary/aromatic N) is 4. The maximum absolute atomic E-state index is 12.7. The van der Waals surface area contributed by atoms with Crippen molar-refractivity contribution in [3.63, 3.8) is 0 Å². The Bertz CT molecular complexity index is 2410. The van der Waals surface area contributed by atoms with Gasteiger partial charge in [-0.3, -0.25) is 24.6 Å². The molecule has 13 nitrogen and oxygen atoms in total. The van der Waals surface area contributed by atoms with Crippen molar-refractivity contribution < 1.29 is 53.2 Å². The first kappa shape index (κ1) is 55.6. The summed E-state index contributed by atoms with van der Waals surface area (Å²) in [5, 5.41) is 36.7. The van der Waals surface area contributed by atoms with Gasteiger partial charge in [-0.25, -0.2) is 0 Å². The van der Waals surface area contributed by atoms with E-state index >= 15 is 0 Å². The van der Waals surface area contributed by atoms with Crippen molar-refractivity contribution >= 4 is 33.7 Å². The van der Waals surface area contributed by atoms with Gasteiger partial charge < -0.3 is 40.6 Å². The van der Waals surface area contributed by atoms with E-state index in [4.69, 9.17) is 15.2 Å². The van der Waals surface area contributed by atoms with Gasteiger partial charge in [-0.2, -0.15) is 0 Å². The van der Waals surface area contributed by atoms with Gasteiger partial charge in [-0.05, 0) is 144 Å². The molecule has 368 valence electrons. The third kappa shape index (κ3) is 19.1. The van der Waals surface area contributed by atoms with Crippen LogP contribution in [-0.4, -0.2) is 120 Å². The Morgan fingerprint density at radius 3 is 1.63 bits per heavy atom. The van der Waals surface area contributed by atoms with Crippen LogP contribution in [-0.2, 0) is 22.4 Å². The summed E-state index contributed by atoms with van der Waals surface area (Å²) >= 11 is 0. The molecule has 0 spiro atoms. The zero-order valence-electron chi connectivity index (χ0n) is 41.0. The molecule has 8 rings (SSSR count). The predicted molar refractivity (Wildman–Crippen MR) is 271 cm³/mol. The number of unbranched alkanes of at least 4 members (excludes halogenated alkanes) is 2. The Balaban J connectivity index is 0.000000219. The van der Waals surface area contributed by atoms with Crippen LogP contribution in [0.4, 0.5) is 0 Å². The number of aliphatic hydroxyl groups excluding tert-OH is 2. The monoisotopic (exact) mass is 947 g/mol. The summed E-state index contributed by atoms with van der Waals surface area (Å²) in [6.45, 7) is 5.60. The van der Waals surface area contributed by atoms with Crippen molar-refractivity contribution in [2.24, 2.45) is 17.6 Å². The van der Waals surface area contributed by atoms with Gasteiger partial charge >= 0.3 is 18.9 Å². The van der Waals surface area contributed by atoms with Gasteiger partial charge in [-0.1, -0.05) is 72.8 Å². The number of carbonyl (C=O) groups excluding carboxylic acids is 2. The SMILES string of the molecule is NCCCCc1ccccc1.O=C(NCCCCc1ccccc1)C1CCCN(C[C@@H](O)COc2cccc3ncccc23)C1.O=C([O-])C1CCCN(C[C@@H](O)COc2cccc3ncccc23)C1.[Li+]. The molecule has 2 aliphatic heterocycles. The number of nitrogens with one attached hydrogen (secondary N) is 1. The van der Waals surface area contributed by atoms with E-state index in [1.165, 1.54) is 17.5 Å². The van der Waals surface area contributed by atoms with Gasteiger partial charge in [0.15, 0.2) is 0 Å². The van der Waals surface area contributed by atoms with Crippen LogP contribution in [0, 0.1) is 11.8 Å². The fraction of sp³-hybridized carbons (Fsp3) is 0.429. The van der Waals surface area contributed by atoms with Crippen LogP contribution >= 0.6 is 0 Å². The number of likely N-dealkylation sites (tertiary alicyclic amines) is 2. The van der Waals surface area contributed by atoms with E-state index in [2.05, 4.69) is 68.7 Å². The summed E-state index contributed by atoms with van der Waals surface area (Å²) < 4.78 is 11.7. The van der Waals surface area contributed by atoms with E-state index in [0.717, 1.165) is 105 Å². The predicted octanol–water partition coefficient (Wildman–Crippen LogP) is 3.23. The second-order valence-electron chi connectivity index (χ2n) is 18.1. The number of carbonyl (C=O) groups is 2. The number of nitrogens with two attached hydrogens (primary N) is 1. The van der Waals surface area contributed by atoms with Crippen LogP contribution in [0.15, 0.2) is 134 Å². The third-order valence-corrected chi connectivity index (χ3v) is 12.5. The zero-order valence-corrected chi connectivity index (χ0v) is 41.0. The molecule has 2 aromatic heterocycles. The Morgan fingerprint density at radius 2 is 1.13 bits per heavy atom. The number of carboxylic acid groups (broad SMARTS) is 1. The molecule has 2 fully saturated rings. The smallest absolute Gasteiger partial charge is 0.550 e. The minimum Gasteiger partial charge on any atom is -0.550 e. The Hall–Kier alpha value is -5.36. The number of hydrogen-bond acceptors (Lipinski definition) is 12. The normalized spacial score (nSPS) is 16.8. The minimum absolute atomic E-state index is 0. The molecule has 0 bridgehead atoms. The van der Waals surface area contributed by atoms with Crippen molar-refractivity contribution in [2.45, 2.75) is 76.4 Å². The summed E-state index contributed by atoms with van der Waals surface area (Å²) in [7, 11) is 0. The Labute approximate surface area is 426 Å². The molecule has 5 N–H and O–H groups in total. The number of benzene rings is 4. The number of hydrogen-bond donors (Lipinski definition) is 4. The van der Waals surface area contributed by atoms with Crippen molar-refractivity contribution in [3.8, 4) is 11.5 Å². The quantitative estimate of drug-likeness (QED) is 0.0611. The van der Waals surface area contributed by atoms with Crippen LogP contribution in [0.2, 0.25) is 0 Å². The number of β-amino-alcohol motifs (C(OH)–C–C–N with tert-alkyl or cyclic N) is 2. The van der Waals surface area contributed by atoms with Crippen molar-refractivity contribution in [2.75, 3.05) is 65.6 Å². The van der Waals surface area contributed by atoms with Crippen molar-refractivity contribution in [3.05, 3.63) is 145 Å². The Kier molecular flexibility index (Phi) is 24.7. The average Bonchev–Trinajstić information content (AvgIpc) is 3.38. The number of aliphatic carboxylic acids is 1. The number of carboxylic acids is 1. The second kappa shape index (κ2) is 31.1. The number of aryl methyl sites for hydroxylation is 2. The number of fused-ring (bicyclic) bond motifs is 2. The maximum Gasteiger partial charge on any atom is 1.00 e. The van der Waals surface area contributed by atoms with Gasteiger partial charge in [0.1, 0.15) is 36.9 Å². The molecule has 70 heavy (non-hydrogen) atoms. The summed E-state index contributed by atoms with van der Waals surface area (Å²) in [5.41, 5.74) is 9.87. The number of amides is 1. The topological polar surface area (TPSA) is 186 Å². The van der Waals surface area contributed by atoms with E-state index in [9.17, 15) is 24.9 Å². The fourth-order valence-electron chi connectivity index (χ4n) is 8.90. The summed E-state index contributed by atoms with van der Waals surface area (Å²) in [4.78, 5) is 36.4. The number of aliphatic hydroxyl groups is 2. The number of rotatable bonds is 21. The molecule has 2 unspecified atom stereocenters. The molecule has 14 heteroatoms. The van der Waals surface area contributed by atoms with Gasteiger partial charge in [0.2, 0.25) is 5.91 Å². The first-order valence-electron chi connectivity index (χ1n) is 24.8. The van der Waals surface area contributed by atoms with Gasteiger partial charge in [0.25, 0.3) is 0 Å². The average molecular weight is 947 g/mol. The molecule has 0 aliphatic carbocycles. The minimum atomic E-state index is -1.01. The first-order valence-corrected chi connectivity index (χ1v) is 24.8. The van der Waals surface area contributed by atoms with E-state index in [-0.39, 0.29) is 43.9 Å². The molecule has 4 heterocycles. The van der Waals surface area contributed by atoms with E-state index in [1.54, 1.807) is 12.4 Å². The molecular formula is C56H71LiN6O7. The van der Waals surface area contributed by atoms with E-state index in [1.807, 2.05) is 77.7 Å². The largest absolute Gasteiger partial charge is 1.00 e. The van der Waals surface area contributed by atoms with Gasteiger partial charge in [0, 0.05) is 67.8 Å². The summed E-state index contributed by atoms with van der Waals surface area (Å²) in [6.07, 6.45) is 12.1. The summed E-state index contributed by atoms with van der Waals surface area (Å²) in [6, 6.07) is 40.0. The number of ether oxygens (including phenoxy) is 2. The third-order valence-electron chi connectivity index (χ3n) is 12.5. The van der Waals surface area contributed by atoms with Crippen LogP contribution in [0.5, 0.6) is 11.5 Å². The summed E-state index contributed by atoms with van der Waals surface area (Å²) in [5.74, 6) is 0.0852. The van der Waals surface area contributed by atoms with Gasteiger partial charge in [-0.15, -0.1) is 0 Å². The van der Waals surface area contributed by atoms with E-state index < -0.39 is 24.1 Å². The van der Waals surface area contributed by atoms with Crippen LogP contribution in [0.3, 0.4) is 0 Å². The van der Waals surface area contributed by atoms with Crippen LogP contribution in [0.1, 0.15) is 62.5 Å². The molecule has 2 saturated heterocycles. The molecule has 1 amide bonds. The number of piperidine rings is 2. The molecule has 4 aromatic carbocycles. The van der Waals surface area contributed by atoms with Gasteiger partial charge in [0.05, 0.1) is 17.0 Å². The molecule has 0 radical (unpaired) electrons. The molecular weight excluding hydrogens is 876 g/mol. The van der Waals surface area contributed by atoms with Crippen LogP contribution < -0.4 is 44.5 Å². The van der Waals surface area contributed by atoms with Crippen LogP contribution in [0.25, 0.3) is 21.8 Å². The first-order chi connectivity index (χ1) is 33.7. The molecule has 4 atom stereocenters.